The molecule has 0 atom stereocenters. The van der Waals surface area contributed by atoms with E-state index in [1.807, 2.05) is 18.2 Å². The Morgan fingerprint density at radius 1 is 1.14 bits per heavy atom. The van der Waals surface area contributed by atoms with Gasteiger partial charge in [-0.15, -0.1) is 11.3 Å². The third-order valence-corrected chi connectivity index (χ3v) is 5.55. The molecule has 0 aliphatic rings. The summed E-state index contributed by atoms with van der Waals surface area (Å²) in [6, 6.07) is 12.4. The SMILES string of the molecule is Nc1nc(-c2ccc(Cl)cc2Cl)c2cc(C(=O)NCc3ccccn3)sc2n1. The zero-order valence-electron chi connectivity index (χ0n) is 14.3. The molecule has 0 aliphatic heterocycles. The van der Waals surface area contributed by atoms with Crippen LogP contribution in [-0.2, 0) is 6.54 Å². The van der Waals surface area contributed by atoms with E-state index < -0.39 is 0 Å². The molecular weight excluding hydrogens is 417 g/mol. The molecule has 0 radical (unpaired) electrons. The van der Waals surface area contributed by atoms with E-state index in [9.17, 15) is 4.79 Å². The standard InChI is InChI=1S/C19H13Cl2N5OS/c20-10-4-5-12(14(21)7-10)16-13-8-15(28-18(13)26-19(22)25-16)17(27)24-9-11-3-1-2-6-23-11/h1-8H,9H2,(H,24,27)(H2,22,25,26). The molecule has 3 N–H and O–H groups in total. The lowest BCUT2D eigenvalue weighted by Crippen LogP contribution is -2.22. The number of pyridine rings is 1. The van der Waals surface area contributed by atoms with Gasteiger partial charge in [0.2, 0.25) is 5.95 Å². The maximum absolute atomic E-state index is 12.6. The minimum atomic E-state index is -0.222. The van der Waals surface area contributed by atoms with E-state index in [0.717, 1.165) is 5.69 Å². The highest BCUT2D eigenvalue weighted by atomic mass is 35.5. The number of aromatic nitrogens is 3. The van der Waals surface area contributed by atoms with Crippen molar-refractivity contribution >= 4 is 56.6 Å². The summed E-state index contributed by atoms with van der Waals surface area (Å²) in [5, 5.41) is 4.52. The van der Waals surface area contributed by atoms with E-state index in [-0.39, 0.29) is 11.9 Å². The number of nitrogens with zero attached hydrogens (tertiary/aromatic N) is 3. The van der Waals surface area contributed by atoms with E-state index in [0.29, 0.717) is 42.9 Å². The summed E-state index contributed by atoms with van der Waals surface area (Å²) in [6.07, 6.45) is 1.68. The number of hydrogen-bond donors (Lipinski definition) is 2. The topological polar surface area (TPSA) is 93.8 Å². The van der Waals surface area contributed by atoms with Gasteiger partial charge in [0.15, 0.2) is 0 Å². The lowest BCUT2D eigenvalue weighted by atomic mass is 10.1. The first-order valence-electron chi connectivity index (χ1n) is 8.22. The van der Waals surface area contributed by atoms with Crippen LogP contribution in [0.25, 0.3) is 21.5 Å². The van der Waals surface area contributed by atoms with Crippen molar-refractivity contribution in [2.24, 2.45) is 0 Å². The number of nitrogen functional groups attached to an aromatic ring is 1. The average Bonchev–Trinajstić information content (AvgIpc) is 3.10. The van der Waals surface area contributed by atoms with Crippen molar-refractivity contribution in [2.45, 2.75) is 6.54 Å². The van der Waals surface area contributed by atoms with E-state index in [1.54, 1.807) is 30.5 Å². The third-order valence-electron chi connectivity index (χ3n) is 3.98. The Morgan fingerprint density at radius 2 is 2.00 bits per heavy atom. The van der Waals surface area contributed by atoms with E-state index in [4.69, 9.17) is 28.9 Å². The number of anilines is 1. The number of nitrogens with two attached hydrogens (primary N) is 1. The van der Waals surface area contributed by atoms with Crippen LogP contribution in [0.3, 0.4) is 0 Å². The fourth-order valence-corrected chi connectivity index (χ4v) is 4.15. The minimum absolute atomic E-state index is 0.107. The van der Waals surface area contributed by atoms with Crippen LogP contribution in [0, 0.1) is 0 Å². The Balaban J connectivity index is 1.69. The number of carbonyl (C=O) groups excluding carboxylic acids is 1. The summed E-state index contributed by atoms with van der Waals surface area (Å²) in [5.74, 6) is -0.115. The molecule has 1 aromatic carbocycles. The van der Waals surface area contributed by atoms with Gasteiger partial charge >= 0.3 is 0 Å². The van der Waals surface area contributed by atoms with Gasteiger partial charge in [0.1, 0.15) is 4.83 Å². The summed E-state index contributed by atoms with van der Waals surface area (Å²) in [6.45, 7) is 0.331. The van der Waals surface area contributed by atoms with Crippen molar-refractivity contribution in [3.05, 3.63) is 69.3 Å². The van der Waals surface area contributed by atoms with Crippen molar-refractivity contribution in [1.29, 1.82) is 0 Å². The predicted molar refractivity (Wildman–Crippen MR) is 113 cm³/mol. The number of thiophene rings is 1. The first-order valence-corrected chi connectivity index (χ1v) is 9.79. The lowest BCUT2D eigenvalue weighted by molar-refractivity contribution is 0.0954. The molecule has 0 unspecified atom stereocenters. The van der Waals surface area contributed by atoms with Gasteiger partial charge in [0.25, 0.3) is 5.91 Å². The molecule has 9 heteroatoms. The van der Waals surface area contributed by atoms with Gasteiger partial charge < -0.3 is 11.1 Å². The van der Waals surface area contributed by atoms with Crippen LogP contribution in [0.1, 0.15) is 15.4 Å². The zero-order valence-corrected chi connectivity index (χ0v) is 16.6. The first kappa shape index (κ1) is 18.6. The van der Waals surface area contributed by atoms with Gasteiger partial charge in [-0.25, -0.2) is 9.97 Å². The van der Waals surface area contributed by atoms with Gasteiger partial charge in [-0.3, -0.25) is 9.78 Å². The molecule has 140 valence electrons. The molecule has 3 heterocycles. The smallest absolute Gasteiger partial charge is 0.261 e. The predicted octanol–water partition coefficient (Wildman–Crippen LogP) is 4.57. The van der Waals surface area contributed by atoms with Crippen LogP contribution in [0.4, 0.5) is 5.95 Å². The number of fused-ring (bicyclic) bond motifs is 1. The fourth-order valence-electron chi connectivity index (χ4n) is 2.70. The number of amides is 1. The highest BCUT2D eigenvalue weighted by Gasteiger charge is 2.18. The quantitative estimate of drug-likeness (QED) is 0.495. The minimum Gasteiger partial charge on any atom is -0.368 e. The maximum atomic E-state index is 12.6. The number of hydrogen-bond acceptors (Lipinski definition) is 6. The molecule has 6 nitrogen and oxygen atoms in total. The van der Waals surface area contributed by atoms with Gasteiger partial charge in [-0.05, 0) is 36.4 Å². The Hall–Kier alpha value is -2.74. The summed E-state index contributed by atoms with van der Waals surface area (Å²) >= 11 is 13.6. The van der Waals surface area contributed by atoms with E-state index in [2.05, 4.69) is 20.3 Å². The van der Waals surface area contributed by atoms with Crippen LogP contribution < -0.4 is 11.1 Å². The Bertz CT molecular complexity index is 1180. The molecular formula is C19H13Cl2N5OS. The number of carbonyl (C=O) groups is 1. The highest BCUT2D eigenvalue weighted by molar-refractivity contribution is 7.20. The van der Waals surface area contributed by atoms with Gasteiger partial charge in [0.05, 0.1) is 27.8 Å². The summed E-state index contributed by atoms with van der Waals surface area (Å²) in [7, 11) is 0. The Kier molecular flexibility index (Phi) is 5.13. The summed E-state index contributed by atoms with van der Waals surface area (Å²) in [5.41, 5.74) is 7.87. The zero-order chi connectivity index (χ0) is 19.7. The van der Waals surface area contributed by atoms with Crippen molar-refractivity contribution in [3.8, 4) is 11.3 Å². The number of rotatable bonds is 4. The largest absolute Gasteiger partial charge is 0.368 e. The number of halogens is 2. The molecule has 4 rings (SSSR count). The van der Waals surface area contributed by atoms with E-state index in [1.165, 1.54) is 11.3 Å². The molecule has 0 saturated heterocycles. The average molecular weight is 430 g/mol. The van der Waals surface area contributed by atoms with Crippen molar-refractivity contribution in [2.75, 3.05) is 5.73 Å². The second kappa shape index (κ2) is 7.71. The van der Waals surface area contributed by atoms with Crippen LogP contribution in [-0.4, -0.2) is 20.9 Å². The maximum Gasteiger partial charge on any atom is 0.261 e. The van der Waals surface area contributed by atoms with Crippen molar-refractivity contribution in [3.63, 3.8) is 0 Å². The number of benzene rings is 1. The van der Waals surface area contributed by atoms with Crippen LogP contribution in [0.5, 0.6) is 0 Å². The molecule has 28 heavy (non-hydrogen) atoms. The summed E-state index contributed by atoms with van der Waals surface area (Å²) in [4.78, 5) is 26.5. The second-order valence-corrected chi connectivity index (χ2v) is 7.76. The van der Waals surface area contributed by atoms with Gasteiger partial charge in [-0.2, -0.15) is 0 Å². The van der Waals surface area contributed by atoms with Crippen molar-refractivity contribution < 1.29 is 4.79 Å². The molecule has 0 saturated carbocycles. The van der Waals surface area contributed by atoms with Gasteiger partial charge in [-0.1, -0.05) is 29.3 Å². The molecule has 0 spiro atoms. The number of nitrogens with one attached hydrogen (secondary N) is 1. The molecule has 0 aliphatic carbocycles. The van der Waals surface area contributed by atoms with Crippen LogP contribution in [0.15, 0.2) is 48.7 Å². The summed E-state index contributed by atoms with van der Waals surface area (Å²) < 4.78 is 0. The molecule has 4 aromatic rings. The first-order chi connectivity index (χ1) is 13.5. The monoisotopic (exact) mass is 429 g/mol. The van der Waals surface area contributed by atoms with Crippen LogP contribution in [0.2, 0.25) is 10.0 Å². The van der Waals surface area contributed by atoms with E-state index >= 15 is 0 Å². The Labute approximate surface area is 174 Å². The molecule has 3 aromatic heterocycles. The third kappa shape index (κ3) is 3.77. The highest BCUT2D eigenvalue weighted by Crippen LogP contribution is 2.36. The van der Waals surface area contributed by atoms with Crippen LogP contribution >= 0.6 is 34.5 Å². The normalized spacial score (nSPS) is 10.9. The molecule has 0 fully saturated rings. The lowest BCUT2D eigenvalue weighted by Gasteiger charge is -2.06. The second-order valence-electron chi connectivity index (χ2n) is 5.89. The molecule has 0 bridgehead atoms. The Morgan fingerprint density at radius 3 is 2.75 bits per heavy atom. The van der Waals surface area contributed by atoms with Crippen molar-refractivity contribution in [1.82, 2.24) is 20.3 Å². The fraction of sp³-hybridized carbons (Fsp3) is 0.0526. The van der Waals surface area contributed by atoms with Gasteiger partial charge in [0, 0.05) is 22.2 Å². The molecule has 1 amide bonds.